The zero-order chi connectivity index (χ0) is 11.3. The molecule has 15 heavy (non-hydrogen) atoms. The number of aromatic nitrogens is 1. The molecule has 5 nitrogen and oxygen atoms in total. The van der Waals surface area contributed by atoms with Gasteiger partial charge in [0.2, 0.25) is 0 Å². The summed E-state index contributed by atoms with van der Waals surface area (Å²) in [4.78, 5) is 15.1. The van der Waals surface area contributed by atoms with Gasteiger partial charge in [-0.2, -0.15) is 5.26 Å². The van der Waals surface area contributed by atoms with Crippen LogP contribution in [0.4, 0.5) is 0 Å². The Morgan fingerprint density at radius 2 is 2.33 bits per heavy atom. The Balaban J connectivity index is 3.20. The highest BCUT2D eigenvalue weighted by Crippen LogP contribution is 2.10. The normalized spacial score (nSPS) is 11.2. The van der Waals surface area contributed by atoms with E-state index in [1.165, 1.54) is 13.3 Å². The van der Waals surface area contributed by atoms with Gasteiger partial charge in [-0.3, -0.25) is 4.98 Å². The third-order valence-corrected chi connectivity index (χ3v) is 1.71. The summed E-state index contributed by atoms with van der Waals surface area (Å²) in [7, 11) is 1.19. The molecule has 0 aliphatic heterocycles. The van der Waals surface area contributed by atoms with Gasteiger partial charge in [0, 0.05) is 6.20 Å². The molecule has 0 fully saturated rings. The van der Waals surface area contributed by atoms with Crippen LogP contribution in [0.3, 0.4) is 0 Å². The number of methoxy groups -OCH3 is 1. The lowest BCUT2D eigenvalue weighted by Crippen LogP contribution is -2.11. The van der Waals surface area contributed by atoms with Crippen molar-refractivity contribution in [2.45, 2.75) is 0 Å². The zero-order valence-corrected chi connectivity index (χ0v) is 8.10. The summed E-state index contributed by atoms with van der Waals surface area (Å²) in [5.41, 5.74) is 5.77. The topological polar surface area (TPSA) is 89.0 Å². The second-order valence-electron chi connectivity index (χ2n) is 2.61. The number of esters is 1. The number of nitrogens with zero attached hydrogens (tertiary/aromatic N) is 2. The molecule has 5 heteroatoms. The van der Waals surface area contributed by atoms with E-state index in [4.69, 9.17) is 11.0 Å². The molecule has 76 valence electrons. The van der Waals surface area contributed by atoms with Gasteiger partial charge in [-0.05, 0) is 12.1 Å². The van der Waals surface area contributed by atoms with Gasteiger partial charge in [-0.25, -0.2) is 4.79 Å². The molecule has 0 spiro atoms. The maximum atomic E-state index is 11.1. The minimum atomic E-state index is -0.763. The van der Waals surface area contributed by atoms with Gasteiger partial charge < -0.3 is 10.5 Å². The first-order valence-corrected chi connectivity index (χ1v) is 4.10. The number of nitrogens with two attached hydrogens (primary N) is 1. The minimum Gasteiger partial charge on any atom is -0.465 e. The molecule has 0 unspecified atom stereocenters. The number of rotatable bonds is 2. The molecular weight excluding hydrogens is 194 g/mol. The number of pyridine rings is 1. The van der Waals surface area contributed by atoms with Crippen LogP contribution in [0.2, 0.25) is 0 Å². The van der Waals surface area contributed by atoms with Crippen molar-refractivity contribution in [2.24, 2.45) is 5.73 Å². The van der Waals surface area contributed by atoms with E-state index in [1.54, 1.807) is 24.3 Å². The average molecular weight is 203 g/mol. The molecular formula is C10H9N3O2. The Bertz CT molecular complexity index is 432. The molecule has 0 radical (unpaired) electrons. The largest absolute Gasteiger partial charge is 0.465 e. The predicted molar refractivity (Wildman–Crippen MR) is 53.0 cm³/mol. The summed E-state index contributed by atoms with van der Waals surface area (Å²) in [6.45, 7) is 0. The van der Waals surface area contributed by atoms with Crippen molar-refractivity contribution in [3.05, 3.63) is 35.7 Å². The van der Waals surface area contributed by atoms with Gasteiger partial charge in [0.15, 0.2) is 5.57 Å². The van der Waals surface area contributed by atoms with Crippen LogP contribution in [-0.4, -0.2) is 18.1 Å². The van der Waals surface area contributed by atoms with Gasteiger partial charge in [0.25, 0.3) is 0 Å². The van der Waals surface area contributed by atoms with Crippen molar-refractivity contribution >= 4 is 11.7 Å². The van der Waals surface area contributed by atoms with Crippen LogP contribution in [0, 0.1) is 11.3 Å². The molecule has 2 N–H and O–H groups in total. The fourth-order valence-electron chi connectivity index (χ4n) is 0.968. The standard InChI is InChI=1S/C10H9N3O2/c1-15-10(14)7(6-11)9(12)8-4-2-3-5-13-8/h2-5H,12H2,1H3/b9-7-. The molecule has 1 aromatic rings. The number of hydrogen-bond donors (Lipinski definition) is 1. The van der Waals surface area contributed by atoms with Crippen LogP contribution in [0.5, 0.6) is 0 Å². The van der Waals surface area contributed by atoms with Crippen LogP contribution in [-0.2, 0) is 9.53 Å². The van der Waals surface area contributed by atoms with Gasteiger partial charge in [0.1, 0.15) is 6.07 Å². The monoisotopic (exact) mass is 203 g/mol. The second-order valence-corrected chi connectivity index (χ2v) is 2.61. The molecule has 0 amide bonds. The summed E-state index contributed by atoms with van der Waals surface area (Å²) < 4.78 is 4.42. The van der Waals surface area contributed by atoms with Crippen LogP contribution >= 0.6 is 0 Å². The van der Waals surface area contributed by atoms with Crippen LogP contribution in [0.1, 0.15) is 5.69 Å². The number of nitriles is 1. The number of carbonyl (C=O) groups is 1. The Kier molecular flexibility index (Phi) is 3.41. The summed E-state index contributed by atoms with van der Waals surface area (Å²) in [5, 5.41) is 8.74. The molecule has 0 saturated carbocycles. The summed E-state index contributed by atoms with van der Waals surface area (Å²) in [5.74, 6) is -0.763. The van der Waals surface area contributed by atoms with Crippen molar-refractivity contribution < 1.29 is 9.53 Å². The third-order valence-electron chi connectivity index (χ3n) is 1.71. The lowest BCUT2D eigenvalue weighted by atomic mass is 10.1. The van der Waals surface area contributed by atoms with E-state index in [-0.39, 0.29) is 11.3 Å². The van der Waals surface area contributed by atoms with Crippen LogP contribution < -0.4 is 5.73 Å². The van der Waals surface area contributed by atoms with Crippen molar-refractivity contribution in [1.82, 2.24) is 4.98 Å². The number of carbonyl (C=O) groups excluding carboxylic acids is 1. The predicted octanol–water partition coefficient (Wildman–Crippen LogP) is 0.448. The minimum absolute atomic E-state index is 0.0185. The van der Waals surface area contributed by atoms with Gasteiger partial charge in [-0.1, -0.05) is 6.07 Å². The Labute approximate surface area is 86.8 Å². The highest BCUT2D eigenvalue weighted by Gasteiger charge is 2.15. The number of hydrogen-bond acceptors (Lipinski definition) is 5. The molecule has 0 atom stereocenters. The van der Waals surface area contributed by atoms with E-state index in [0.29, 0.717) is 5.69 Å². The highest BCUT2D eigenvalue weighted by atomic mass is 16.5. The SMILES string of the molecule is COC(=O)/C(C#N)=C(\N)c1ccccn1. The third kappa shape index (κ3) is 2.31. The van der Waals surface area contributed by atoms with E-state index in [0.717, 1.165) is 0 Å². The van der Waals surface area contributed by atoms with E-state index < -0.39 is 5.97 Å². The van der Waals surface area contributed by atoms with Gasteiger partial charge >= 0.3 is 5.97 Å². The van der Waals surface area contributed by atoms with Crippen molar-refractivity contribution in [1.29, 1.82) is 5.26 Å². The maximum absolute atomic E-state index is 11.1. The second kappa shape index (κ2) is 4.77. The molecule has 1 aromatic heterocycles. The molecule has 0 bridgehead atoms. The van der Waals surface area contributed by atoms with Crippen molar-refractivity contribution in [3.63, 3.8) is 0 Å². The summed E-state index contributed by atoms with van der Waals surface area (Å²) in [6.07, 6.45) is 1.52. The van der Waals surface area contributed by atoms with Crippen molar-refractivity contribution in [3.8, 4) is 6.07 Å². The van der Waals surface area contributed by atoms with E-state index in [1.807, 2.05) is 0 Å². The summed E-state index contributed by atoms with van der Waals surface area (Å²) >= 11 is 0. The van der Waals surface area contributed by atoms with Gasteiger partial charge in [0.05, 0.1) is 18.5 Å². The van der Waals surface area contributed by atoms with Crippen LogP contribution in [0.15, 0.2) is 30.0 Å². The van der Waals surface area contributed by atoms with Gasteiger partial charge in [-0.15, -0.1) is 0 Å². The molecule has 0 saturated heterocycles. The molecule has 1 heterocycles. The molecule has 0 aromatic carbocycles. The Morgan fingerprint density at radius 3 is 2.80 bits per heavy atom. The maximum Gasteiger partial charge on any atom is 0.350 e. The molecule has 0 aliphatic carbocycles. The quantitative estimate of drug-likeness (QED) is 0.428. The molecule has 1 rings (SSSR count). The fourth-order valence-corrected chi connectivity index (χ4v) is 0.968. The first-order chi connectivity index (χ1) is 7.20. The molecule has 0 aliphatic rings. The summed E-state index contributed by atoms with van der Waals surface area (Å²) in [6, 6.07) is 6.72. The van der Waals surface area contributed by atoms with Crippen molar-refractivity contribution in [2.75, 3.05) is 7.11 Å². The Hall–Kier alpha value is -2.35. The Morgan fingerprint density at radius 1 is 1.60 bits per heavy atom. The first kappa shape index (κ1) is 10.7. The van der Waals surface area contributed by atoms with E-state index in [9.17, 15) is 4.79 Å². The number of ether oxygens (including phenoxy) is 1. The fraction of sp³-hybridized carbons (Fsp3) is 0.100. The van der Waals surface area contributed by atoms with Crippen LogP contribution in [0.25, 0.3) is 5.70 Å². The van der Waals surface area contributed by atoms with E-state index >= 15 is 0 Å². The lowest BCUT2D eigenvalue weighted by molar-refractivity contribution is -0.135. The smallest absolute Gasteiger partial charge is 0.350 e. The lowest BCUT2D eigenvalue weighted by Gasteiger charge is -2.02. The highest BCUT2D eigenvalue weighted by molar-refractivity contribution is 6.00. The zero-order valence-electron chi connectivity index (χ0n) is 8.10. The average Bonchev–Trinajstić information content (AvgIpc) is 2.30. The first-order valence-electron chi connectivity index (χ1n) is 4.10. The van der Waals surface area contributed by atoms with E-state index in [2.05, 4.69) is 9.72 Å².